The molecular formula is C48H87N2O8P. The van der Waals surface area contributed by atoms with E-state index in [2.05, 4.69) is 62.7 Å². The Morgan fingerprint density at radius 1 is 0.915 bits per heavy atom. The van der Waals surface area contributed by atoms with Gasteiger partial charge in [-0.1, -0.05) is 20.8 Å². The number of aliphatic hydroxyl groups excluding tert-OH is 1. The molecule has 0 aromatic heterocycles. The molecule has 0 bridgehead atoms. The molecule has 0 radical (unpaired) electrons. The molecule has 2 heterocycles. The maximum atomic E-state index is 14.1. The van der Waals surface area contributed by atoms with Gasteiger partial charge in [0, 0.05) is 19.0 Å². The summed E-state index contributed by atoms with van der Waals surface area (Å²) in [6.45, 7) is 17.9. The van der Waals surface area contributed by atoms with Gasteiger partial charge in [-0.2, -0.15) is 0 Å². The Morgan fingerprint density at radius 3 is 2.10 bits per heavy atom. The maximum Gasteiger partial charge on any atom is 0.126 e. The molecule has 1 aromatic rings. The summed E-state index contributed by atoms with van der Waals surface area (Å²) < 4.78 is 18.8. The Bertz CT molecular complexity index is 1380. The minimum atomic E-state index is -1.80. The number of hydrogen-bond donors (Lipinski definition) is 3. The molecule has 3 N–H and O–H groups in total. The van der Waals surface area contributed by atoms with Gasteiger partial charge in [0.2, 0.25) is 0 Å². The van der Waals surface area contributed by atoms with Crippen LogP contribution >= 0.6 is 7.26 Å². The second kappa shape index (κ2) is 24.3. The summed E-state index contributed by atoms with van der Waals surface area (Å²) in [5.74, 6) is -1.28. The minimum Gasteiger partial charge on any atom is -0.388 e. The first-order valence-corrected chi connectivity index (χ1v) is 26.6. The zero-order valence-corrected chi connectivity index (χ0v) is 40.1. The molecule has 2 aliphatic heterocycles. The average molecular weight is 851 g/mol. The number of cyclic esters (lactones) is 1. The molecule has 342 valence electrons. The Balaban J connectivity index is 1.64. The number of nitrogens with zero attached hydrogens (tertiary/aromatic N) is 2. The normalized spacial score (nSPS) is 33.6. The third-order valence-electron chi connectivity index (χ3n) is 13.6. The van der Waals surface area contributed by atoms with Crippen molar-refractivity contribution in [1.29, 1.82) is 0 Å². The van der Waals surface area contributed by atoms with Crippen LogP contribution in [0, 0.1) is 11.8 Å². The van der Waals surface area contributed by atoms with Gasteiger partial charge in [-0.3, -0.25) is 9.59 Å². The monoisotopic (exact) mass is 851 g/mol. The smallest absolute Gasteiger partial charge is 0.126 e. The predicted molar refractivity (Wildman–Crippen MR) is 244 cm³/mol. The summed E-state index contributed by atoms with van der Waals surface area (Å²) in [6.07, 6.45) is 11.4. The van der Waals surface area contributed by atoms with E-state index in [1.807, 2.05) is 20.8 Å². The summed E-state index contributed by atoms with van der Waals surface area (Å²) in [6, 6.07) is 10.5. The third kappa shape index (κ3) is 16.2. The molecule has 1 amide bonds. The van der Waals surface area contributed by atoms with Crippen LogP contribution in [-0.4, -0.2) is 131 Å². The van der Waals surface area contributed by atoms with E-state index in [1.54, 1.807) is 31.0 Å². The van der Waals surface area contributed by atoms with Gasteiger partial charge in [-0.15, -0.1) is 0 Å². The van der Waals surface area contributed by atoms with Gasteiger partial charge in [0.25, 0.3) is 0 Å². The van der Waals surface area contributed by atoms with Gasteiger partial charge >= 0.3 is 138 Å². The Hall–Kier alpha value is -1.65. The number of carbonyl (C=O) groups excluding carboxylic acids is 2. The van der Waals surface area contributed by atoms with Crippen molar-refractivity contribution < 1.29 is 39.1 Å². The third-order valence-corrected chi connectivity index (χ3v) is 17.1. The van der Waals surface area contributed by atoms with E-state index >= 15 is 0 Å². The number of hydrogen-bond acceptors (Lipinski definition) is 9. The standard InChI is InChI=1S/C48H87N2O8P/c1-12-41-48(7,55)45(52)38(5)50(43(51)27-23-18-16-14-13-15-17-19-24-30-59(10,11)40-25-21-20-22-26-40)34-35(2)33-47(6,54)42(29-28-36(3)46(53)58-41)57-44-32-39(49(8)9)31-37(4)56-44/h20-22,25-26,35-39,41-42,44-45,52,54-55,59H,12-19,23-24,27-34H2,1-11H3/t35-,36-,37-,38-,39+,41-,42-,44+,45-,47-,48-/m1/s1. The van der Waals surface area contributed by atoms with Crippen molar-refractivity contribution in [2.75, 3.05) is 40.1 Å². The summed E-state index contributed by atoms with van der Waals surface area (Å²) in [5.41, 5.74) is -3.12. The first kappa shape index (κ1) is 51.7. The van der Waals surface area contributed by atoms with Crippen molar-refractivity contribution in [2.24, 2.45) is 11.8 Å². The molecule has 0 aliphatic carbocycles. The number of benzene rings is 1. The van der Waals surface area contributed by atoms with Crippen molar-refractivity contribution in [2.45, 2.75) is 205 Å². The van der Waals surface area contributed by atoms with Crippen molar-refractivity contribution in [3.63, 3.8) is 0 Å². The van der Waals surface area contributed by atoms with E-state index in [9.17, 15) is 24.9 Å². The molecule has 0 saturated carbocycles. The van der Waals surface area contributed by atoms with Crippen LogP contribution in [-0.2, 0) is 23.8 Å². The fourth-order valence-corrected chi connectivity index (χ4v) is 12.0. The first-order chi connectivity index (χ1) is 27.7. The van der Waals surface area contributed by atoms with Crippen LogP contribution < -0.4 is 5.30 Å². The molecule has 2 saturated heterocycles. The second-order valence-corrected chi connectivity index (χ2v) is 24.8. The molecule has 2 fully saturated rings. The summed E-state index contributed by atoms with van der Waals surface area (Å²) in [5, 5.41) is 37.3. The van der Waals surface area contributed by atoms with Crippen LogP contribution in [0.25, 0.3) is 0 Å². The number of unbranched alkanes of at least 4 members (excludes halogenated alkanes) is 8. The van der Waals surface area contributed by atoms with Crippen LogP contribution in [0.15, 0.2) is 30.3 Å². The predicted octanol–water partition coefficient (Wildman–Crippen LogP) is 7.92. The van der Waals surface area contributed by atoms with Crippen molar-refractivity contribution in [3.05, 3.63) is 30.3 Å². The summed E-state index contributed by atoms with van der Waals surface area (Å²) in [4.78, 5) is 31.4. The number of aliphatic hydroxyl groups is 3. The van der Waals surface area contributed by atoms with E-state index in [1.165, 1.54) is 45.2 Å². The second-order valence-electron chi connectivity index (χ2n) is 20.0. The number of ether oxygens (including phenoxy) is 3. The van der Waals surface area contributed by atoms with E-state index < -0.39 is 61.0 Å². The molecule has 0 spiro atoms. The number of carbonyl (C=O) groups is 2. The summed E-state index contributed by atoms with van der Waals surface area (Å²) in [7, 11) is 2.75. The number of esters is 1. The SMILES string of the molecule is CC[C@H]1OC(=O)[C@H](C)CC[C@@H](O[C@H]2C[C@@H](N(C)C)C[C@@H](C)O2)[C@](C)(O)C[C@@H](C)CN(C(=O)CCCCCCCCCCC[PH](C)(C)c2ccccc2)[C@H](C)[C@@H](O)[C@]1(C)O. The Morgan fingerprint density at radius 2 is 1.51 bits per heavy atom. The molecule has 10 nitrogen and oxygen atoms in total. The van der Waals surface area contributed by atoms with Gasteiger partial charge in [0.05, 0.1) is 29.8 Å². The van der Waals surface area contributed by atoms with Gasteiger partial charge in [-0.25, -0.2) is 0 Å². The van der Waals surface area contributed by atoms with E-state index in [0.29, 0.717) is 32.1 Å². The van der Waals surface area contributed by atoms with Crippen LogP contribution in [0.2, 0.25) is 0 Å². The first-order valence-electron chi connectivity index (χ1n) is 23.3. The van der Waals surface area contributed by atoms with Gasteiger partial charge in [-0.05, 0) is 79.8 Å². The van der Waals surface area contributed by atoms with Gasteiger partial charge < -0.3 is 39.3 Å². The fourth-order valence-electron chi connectivity index (χ4n) is 9.52. The minimum absolute atomic E-state index is 0.00731. The Labute approximate surface area is 359 Å². The zero-order chi connectivity index (χ0) is 44.0. The van der Waals surface area contributed by atoms with Crippen LogP contribution in [0.3, 0.4) is 0 Å². The van der Waals surface area contributed by atoms with Crippen LogP contribution in [0.1, 0.15) is 151 Å². The summed E-state index contributed by atoms with van der Waals surface area (Å²) >= 11 is 0. The topological polar surface area (TPSA) is 129 Å². The molecule has 0 unspecified atom stereocenters. The maximum absolute atomic E-state index is 14.1. The van der Waals surface area contributed by atoms with E-state index in [0.717, 1.165) is 32.1 Å². The quantitative estimate of drug-likeness (QED) is 0.0814. The molecule has 11 heteroatoms. The molecular weight excluding hydrogens is 764 g/mol. The number of rotatable bonds is 17. The van der Waals surface area contributed by atoms with Gasteiger partial charge in [0.1, 0.15) is 17.8 Å². The molecule has 11 atom stereocenters. The molecule has 59 heavy (non-hydrogen) atoms. The Kier molecular flexibility index (Phi) is 21.3. The van der Waals surface area contributed by atoms with E-state index in [4.69, 9.17) is 14.2 Å². The van der Waals surface area contributed by atoms with Crippen molar-refractivity contribution >= 4 is 24.4 Å². The molecule has 3 rings (SSSR count). The molecule has 2 aliphatic rings. The fraction of sp³-hybridized carbons (Fsp3) is 0.833. The van der Waals surface area contributed by atoms with Crippen molar-refractivity contribution in [1.82, 2.24) is 9.80 Å². The molecule has 1 aromatic carbocycles. The van der Waals surface area contributed by atoms with Crippen LogP contribution in [0.4, 0.5) is 0 Å². The zero-order valence-electron chi connectivity index (χ0n) is 39.1. The van der Waals surface area contributed by atoms with Crippen LogP contribution in [0.5, 0.6) is 0 Å². The van der Waals surface area contributed by atoms with E-state index in [-0.39, 0.29) is 36.9 Å². The van der Waals surface area contributed by atoms with Gasteiger partial charge in [0.15, 0.2) is 6.29 Å². The van der Waals surface area contributed by atoms with Crippen molar-refractivity contribution in [3.8, 4) is 0 Å². The largest absolute Gasteiger partial charge is 0.388 e. The average Bonchev–Trinajstić information content (AvgIpc) is 3.18. The number of amides is 1.